The number of thiazole rings is 1. The number of aromatic nitrogens is 1. The Hall–Kier alpha value is -2.24. The summed E-state index contributed by atoms with van der Waals surface area (Å²) in [6.45, 7) is 2.13. The van der Waals surface area contributed by atoms with Gasteiger partial charge >= 0.3 is 0 Å². The fourth-order valence-electron chi connectivity index (χ4n) is 2.22. The number of hydrogen-bond donors (Lipinski definition) is 1. The second-order valence-corrected chi connectivity index (χ2v) is 6.63. The topological polar surface area (TPSA) is 42.0 Å². The number of carbonyl (C=O) groups is 1. The highest BCUT2D eigenvalue weighted by Gasteiger charge is 2.17. The number of halogens is 2. The third-order valence-corrected chi connectivity index (χ3v) is 4.99. The predicted octanol–water partition coefficient (Wildman–Crippen LogP) is 4.84. The van der Waals surface area contributed by atoms with Crippen LogP contribution in [0.5, 0.6) is 0 Å². The molecule has 0 aliphatic carbocycles. The molecule has 0 bridgehead atoms. The monoisotopic (exact) mass is 360 g/mol. The van der Waals surface area contributed by atoms with Crippen molar-refractivity contribution in [2.45, 2.75) is 13.5 Å². The van der Waals surface area contributed by atoms with E-state index in [1.807, 2.05) is 18.2 Å². The number of rotatable bonds is 4. The van der Waals surface area contributed by atoms with Crippen LogP contribution in [-0.4, -0.2) is 10.9 Å². The zero-order chi connectivity index (χ0) is 17.1. The van der Waals surface area contributed by atoms with E-state index < -0.39 is 0 Å². The quantitative estimate of drug-likeness (QED) is 0.723. The van der Waals surface area contributed by atoms with E-state index in [1.165, 1.54) is 23.5 Å². The third-order valence-electron chi connectivity index (χ3n) is 3.47. The van der Waals surface area contributed by atoms with Gasteiger partial charge in [-0.15, -0.1) is 11.3 Å². The average molecular weight is 361 g/mol. The molecule has 3 rings (SSSR count). The Morgan fingerprint density at radius 2 is 1.92 bits per heavy atom. The molecule has 6 heteroatoms. The van der Waals surface area contributed by atoms with Gasteiger partial charge in [0, 0.05) is 12.1 Å². The summed E-state index contributed by atoms with van der Waals surface area (Å²) in [5, 5.41) is 4.15. The van der Waals surface area contributed by atoms with Crippen LogP contribution in [0.15, 0.2) is 48.5 Å². The molecule has 1 N–H and O–H groups in total. The SMILES string of the molecule is Cc1nc(-c2ccccc2Cl)sc1C(=O)NCc1ccc(F)cc1. The lowest BCUT2D eigenvalue weighted by molar-refractivity contribution is 0.0954. The lowest BCUT2D eigenvalue weighted by atomic mass is 10.2. The van der Waals surface area contributed by atoms with E-state index in [-0.39, 0.29) is 11.7 Å². The molecule has 0 saturated heterocycles. The van der Waals surface area contributed by atoms with Gasteiger partial charge in [0.2, 0.25) is 0 Å². The number of nitrogens with one attached hydrogen (secondary N) is 1. The molecule has 3 nitrogen and oxygen atoms in total. The molecule has 2 aromatic carbocycles. The summed E-state index contributed by atoms with van der Waals surface area (Å²) >= 11 is 7.49. The highest BCUT2D eigenvalue weighted by Crippen LogP contribution is 2.32. The zero-order valence-corrected chi connectivity index (χ0v) is 14.4. The van der Waals surface area contributed by atoms with Crippen molar-refractivity contribution < 1.29 is 9.18 Å². The van der Waals surface area contributed by atoms with Crippen LogP contribution >= 0.6 is 22.9 Å². The van der Waals surface area contributed by atoms with Gasteiger partial charge in [-0.2, -0.15) is 0 Å². The molecule has 1 amide bonds. The van der Waals surface area contributed by atoms with Crippen LogP contribution in [0.3, 0.4) is 0 Å². The zero-order valence-electron chi connectivity index (χ0n) is 12.8. The normalized spacial score (nSPS) is 10.6. The molecule has 0 atom stereocenters. The molecule has 0 radical (unpaired) electrons. The summed E-state index contributed by atoms with van der Waals surface area (Å²) in [7, 11) is 0. The fraction of sp³-hybridized carbons (Fsp3) is 0.111. The Morgan fingerprint density at radius 1 is 1.21 bits per heavy atom. The van der Waals surface area contributed by atoms with Crippen LogP contribution in [-0.2, 0) is 6.54 Å². The van der Waals surface area contributed by atoms with E-state index in [9.17, 15) is 9.18 Å². The maximum Gasteiger partial charge on any atom is 0.263 e. The van der Waals surface area contributed by atoms with Crippen LogP contribution in [0.1, 0.15) is 20.9 Å². The Balaban J connectivity index is 1.76. The first-order valence-corrected chi connectivity index (χ1v) is 8.49. The Labute approximate surface area is 148 Å². The first-order valence-electron chi connectivity index (χ1n) is 7.29. The van der Waals surface area contributed by atoms with Crippen LogP contribution in [0.4, 0.5) is 4.39 Å². The van der Waals surface area contributed by atoms with Gasteiger partial charge in [0.15, 0.2) is 0 Å². The van der Waals surface area contributed by atoms with E-state index in [0.717, 1.165) is 11.1 Å². The maximum atomic E-state index is 12.9. The van der Waals surface area contributed by atoms with E-state index in [2.05, 4.69) is 10.3 Å². The summed E-state index contributed by atoms with van der Waals surface area (Å²) < 4.78 is 12.9. The van der Waals surface area contributed by atoms with Gasteiger partial charge < -0.3 is 5.32 Å². The summed E-state index contributed by atoms with van der Waals surface area (Å²) in [4.78, 5) is 17.4. The van der Waals surface area contributed by atoms with Crippen molar-refractivity contribution in [3.63, 3.8) is 0 Å². The van der Waals surface area contributed by atoms with Crippen molar-refractivity contribution in [3.8, 4) is 10.6 Å². The molecule has 0 spiro atoms. The largest absolute Gasteiger partial charge is 0.347 e. The van der Waals surface area contributed by atoms with Crippen LogP contribution < -0.4 is 5.32 Å². The molecular weight excluding hydrogens is 347 g/mol. The van der Waals surface area contributed by atoms with E-state index in [0.29, 0.717) is 27.1 Å². The molecule has 24 heavy (non-hydrogen) atoms. The van der Waals surface area contributed by atoms with Crippen LogP contribution in [0, 0.1) is 12.7 Å². The molecule has 0 aliphatic rings. The Morgan fingerprint density at radius 3 is 2.62 bits per heavy atom. The van der Waals surface area contributed by atoms with Gasteiger partial charge in [0.05, 0.1) is 10.7 Å². The molecule has 1 heterocycles. The number of benzene rings is 2. The molecule has 0 saturated carbocycles. The molecule has 0 aliphatic heterocycles. The van der Waals surface area contributed by atoms with Gasteiger partial charge in [0.25, 0.3) is 5.91 Å². The van der Waals surface area contributed by atoms with E-state index >= 15 is 0 Å². The maximum absolute atomic E-state index is 12.9. The second kappa shape index (κ2) is 7.11. The minimum atomic E-state index is -0.298. The first-order chi connectivity index (χ1) is 11.5. The second-order valence-electron chi connectivity index (χ2n) is 5.22. The van der Waals surface area contributed by atoms with Crippen molar-refractivity contribution in [3.05, 3.63) is 75.5 Å². The summed E-state index contributed by atoms with van der Waals surface area (Å²) in [6, 6.07) is 13.4. The standard InChI is InChI=1S/C18H14ClFN2OS/c1-11-16(17(23)21-10-12-6-8-13(20)9-7-12)24-18(22-11)14-4-2-3-5-15(14)19/h2-9H,10H2,1H3,(H,21,23). The molecule has 0 fully saturated rings. The molecule has 0 unspecified atom stereocenters. The van der Waals surface area contributed by atoms with Gasteiger partial charge in [0.1, 0.15) is 15.7 Å². The molecular formula is C18H14ClFN2OS. The number of amides is 1. The first kappa shape index (κ1) is 16.6. The van der Waals surface area contributed by atoms with Crippen LogP contribution in [0.25, 0.3) is 10.6 Å². The number of hydrogen-bond acceptors (Lipinski definition) is 3. The number of aryl methyl sites for hydroxylation is 1. The van der Waals surface area contributed by atoms with Crippen molar-refractivity contribution in [2.75, 3.05) is 0 Å². The van der Waals surface area contributed by atoms with Crippen molar-refractivity contribution >= 4 is 28.8 Å². The lowest BCUT2D eigenvalue weighted by Crippen LogP contribution is -2.22. The van der Waals surface area contributed by atoms with Crippen molar-refractivity contribution in [2.24, 2.45) is 0 Å². The molecule has 3 aromatic rings. The molecule has 122 valence electrons. The summed E-state index contributed by atoms with van der Waals surface area (Å²) in [5.41, 5.74) is 2.30. The van der Waals surface area contributed by atoms with Crippen LogP contribution in [0.2, 0.25) is 5.02 Å². The van der Waals surface area contributed by atoms with Gasteiger partial charge in [-0.1, -0.05) is 41.9 Å². The van der Waals surface area contributed by atoms with Crippen molar-refractivity contribution in [1.82, 2.24) is 10.3 Å². The summed E-state index contributed by atoms with van der Waals surface area (Å²) in [5.74, 6) is -0.500. The Bertz CT molecular complexity index is 877. The minimum Gasteiger partial charge on any atom is -0.347 e. The fourth-order valence-corrected chi connectivity index (χ4v) is 3.53. The van der Waals surface area contributed by atoms with Gasteiger partial charge in [-0.3, -0.25) is 4.79 Å². The number of nitrogens with zero attached hydrogens (tertiary/aromatic N) is 1. The van der Waals surface area contributed by atoms with E-state index in [1.54, 1.807) is 25.1 Å². The Kier molecular flexibility index (Phi) is 4.92. The number of carbonyl (C=O) groups excluding carboxylic acids is 1. The highest BCUT2D eigenvalue weighted by atomic mass is 35.5. The van der Waals surface area contributed by atoms with Gasteiger partial charge in [-0.25, -0.2) is 9.37 Å². The minimum absolute atomic E-state index is 0.201. The smallest absolute Gasteiger partial charge is 0.263 e. The summed E-state index contributed by atoms with van der Waals surface area (Å²) in [6.07, 6.45) is 0. The van der Waals surface area contributed by atoms with Crippen molar-refractivity contribution in [1.29, 1.82) is 0 Å². The third kappa shape index (κ3) is 3.63. The van der Waals surface area contributed by atoms with Gasteiger partial charge in [-0.05, 0) is 30.7 Å². The highest BCUT2D eigenvalue weighted by molar-refractivity contribution is 7.17. The molecule has 1 aromatic heterocycles. The predicted molar refractivity (Wildman–Crippen MR) is 94.9 cm³/mol. The lowest BCUT2D eigenvalue weighted by Gasteiger charge is -2.04. The van der Waals surface area contributed by atoms with E-state index in [4.69, 9.17) is 11.6 Å². The average Bonchev–Trinajstić information content (AvgIpc) is 2.96.